The van der Waals surface area contributed by atoms with E-state index in [-0.39, 0.29) is 12.3 Å². The number of aryl methyl sites for hydroxylation is 2. The molecule has 0 spiro atoms. The van der Waals surface area contributed by atoms with Gasteiger partial charge in [0.05, 0.1) is 5.69 Å². The van der Waals surface area contributed by atoms with Crippen molar-refractivity contribution < 1.29 is 9.13 Å². The van der Waals surface area contributed by atoms with Crippen LogP contribution in [0.25, 0.3) is 11.4 Å². The standard InChI is InChI=1S/C19H16ClFN6O2/c1-12-3-8-16(21)18(27-19(28)25(2)23-24-27)15(12)11-29-17-9-10-26(22-17)14-6-4-13(20)5-7-14/h3-10H,11H2,1-2H3. The summed E-state index contributed by atoms with van der Waals surface area (Å²) in [6.45, 7) is 1.80. The molecule has 0 fully saturated rings. The highest BCUT2D eigenvalue weighted by molar-refractivity contribution is 6.30. The number of nitrogens with zero attached hydrogens (tertiary/aromatic N) is 6. The van der Waals surface area contributed by atoms with Crippen molar-refractivity contribution in [1.29, 1.82) is 0 Å². The number of benzene rings is 2. The van der Waals surface area contributed by atoms with E-state index in [2.05, 4.69) is 15.5 Å². The molecule has 0 saturated heterocycles. The molecule has 2 aromatic carbocycles. The van der Waals surface area contributed by atoms with Crippen LogP contribution >= 0.6 is 11.6 Å². The quantitative estimate of drug-likeness (QED) is 0.501. The number of hydrogen-bond donors (Lipinski definition) is 0. The highest BCUT2D eigenvalue weighted by Gasteiger charge is 2.19. The fourth-order valence-corrected chi connectivity index (χ4v) is 2.97. The lowest BCUT2D eigenvalue weighted by atomic mass is 10.1. The third kappa shape index (κ3) is 3.64. The fourth-order valence-electron chi connectivity index (χ4n) is 2.84. The molecule has 0 aliphatic heterocycles. The number of tetrazole rings is 1. The second-order valence-electron chi connectivity index (χ2n) is 6.35. The van der Waals surface area contributed by atoms with Crippen LogP contribution in [0.15, 0.2) is 53.5 Å². The van der Waals surface area contributed by atoms with Gasteiger partial charge in [0.1, 0.15) is 18.1 Å². The monoisotopic (exact) mass is 414 g/mol. The van der Waals surface area contributed by atoms with Crippen LogP contribution in [0.3, 0.4) is 0 Å². The Kier molecular flexibility index (Phi) is 4.89. The first kappa shape index (κ1) is 18.9. The van der Waals surface area contributed by atoms with Gasteiger partial charge in [0.25, 0.3) is 0 Å². The van der Waals surface area contributed by atoms with Gasteiger partial charge in [-0.1, -0.05) is 17.7 Å². The van der Waals surface area contributed by atoms with Crippen molar-refractivity contribution in [2.24, 2.45) is 7.05 Å². The van der Waals surface area contributed by atoms with E-state index in [1.54, 1.807) is 42.1 Å². The minimum Gasteiger partial charge on any atom is -0.472 e. The van der Waals surface area contributed by atoms with Gasteiger partial charge in [-0.15, -0.1) is 5.10 Å². The number of rotatable bonds is 5. The van der Waals surface area contributed by atoms with E-state index < -0.39 is 11.5 Å². The van der Waals surface area contributed by atoms with Gasteiger partial charge in [0.15, 0.2) is 0 Å². The first-order valence-electron chi connectivity index (χ1n) is 8.66. The van der Waals surface area contributed by atoms with E-state index in [9.17, 15) is 9.18 Å². The van der Waals surface area contributed by atoms with Gasteiger partial charge in [0.2, 0.25) is 5.88 Å². The molecule has 8 nitrogen and oxygen atoms in total. The van der Waals surface area contributed by atoms with Crippen LogP contribution in [0.5, 0.6) is 5.88 Å². The maximum atomic E-state index is 14.6. The summed E-state index contributed by atoms with van der Waals surface area (Å²) in [5.74, 6) is -0.246. The predicted molar refractivity (Wildman–Crippen MR) is 104 cm³/mol. The molecular weight excluding hydrogens is 399 g/mol. The second kappa shape index (κ2) is 7.51. The molecule has 4 aromatic rings. The van der Waals surface area contributed by atoms with Crippen molar-refractivity contribution in [2.75, 3.05) is 0 Å². The van der Waals surface area contributed by atoms with Gasteiger partial charge in [-0.25, -0.2) is 13.9 Å². The molecule has 0 aliphatic rings. The van der Waals surface area contributed by atoms with Crippen LogP contribution < -0.4 is 10.4 Å². The van der Waals surface area contributed by atoms with Gasteiger partial charge in [-0.05, 0) is 53.2 Å². The lowest BCUT2D eigenvalue weighted by Gasteiger charge is -2.12. The summed E-state index contributed by atoms with van der Waals surface area (Å²) in [6, 6.07) is 11.8. The Morgan fingerprint density at radius 3 is 2.55 bits per heavy atom. The second-order valence-corrected chi connectivity index (χ2v) is 6.79. The molecule has 0 aliphatic carbocycles. The summed E-state index contributed by atoms with van der Waals surface area (Å²) in [7, 11) is 1.44. The first-order chi connectivity index (χ1) is 13.9. The summed E-state index contributed by atoms with van der Waals surface area (Å²) in [5.41, 5.74) is 1.51. The molecule has 10 heteroatoms. The Morgan fingerprint density at radius 1 is 1.10 bits per heavy atom. The normalized spacial score (nSPS) is 11.0. The minimum absolute atomic E-state index is 0.000424. The Hall–Kier alpha value is -3.46. The maximum absolute atomic E-state index is 14.6. The Bertz CT molecular complexity index is 1230. The summed E-state index contributed by atoms with van der Waals surface area (Å²) in [4.78, 5) is 12.2. The molecule has 2 aromatic heterocycles. The third-order valence-electron chi connectivity index (χ3n) is 4.42. The van der Waals surface area contributed by atoms with Gasteiger partial charge in [-0.2, -0.15) is 9.36 Å². The Labute approximate surface area is 169 Å². The van der Waals surface area contributed by atoms with Crippen molar-refractivity contribution in [3.05, 3.63) is 81.1 Å². The SMILES string of the molecule is Cc1ccc(F)c(-n2nnn(C)c2=O)c1COc1ccn(-c2ccc(Cl)cc2)n1. The van der Waals surface area contributed by atoms with Crippen LogP contribution in [0.2, 0.25) is 5.02 Å². The molecule has 0 radical (unpaired) electrons. The summed E-state index contributed by atoms with van der Waals surface area (Å²) in [5, 5.41) is 12.4. The Morgan fingerprint density at radius 2 is 1.86 bits per heavy atom. The molecule has 29 heavy (non-hydrogen) atoms. The molecule has 2 heterocycles. The smallest absolute Gasteiger partial charge is 0.368 e. The zero-order valence-electron chi connectivity index (χ0n) is 15.6. The van der Waals surface area contributed by atoms with E-state index >= 15 is 0 Å². The number of ether oxygens (including phenoxy) is 1. The average Bonchev–Trinajstić information content (AvgIpc) is 3.31. The van der Waals surface area contributed by atoms with Crippen LogP contribution in [-0.2, 0) is 13.7 Å². The van der Waals surface area contributed by atoms with E-state index in [4.69, 9.17) is 16.3 Å². The predicted octanol–water partition coefficient (Wildman–Crippen LogP) is 2.83. The lowest BCUT2D eigenvalue weighted by Crippen LogP contribution is -2.24. The molecule has 0 bridgehead atoms. The maximum Gasteiger partial charge on any atom is 0.368 e. The fraction of sp³-hybridized carbons (Fsp3) is 0.158. The number of halogens is 2. The van der Waals surface area contributed by atoms with Gasteiger partial charge in [0, 0.05) is 29.9 Å². The minimum atomic E-state index is -0.594. The van der Waals surface area contributed by atoms with Gasteiger partial charge in [-0.3, -0.25) is 0 Å². The topological polar surface area (TPSA) is 79.8 Å². The molecule has 0 N–H and O–H groups in total. The van der Waals surface area contributed by atoms with E-state index in [1.807, 2.05) is 12.1 Å². The third-order valence-corrected chi connectivity index (χ3v) is 4.67. The van der Waals surface area contributed by atoms with E-state index in [1.165, 1.54) is 13.1 Å². The zero-order valence-corrected chi connectivity index (χ0v) is 16.3. The van der Waals surface area contributed by atoms with Crippen molar-refractivity contribution >= 4 is 11.6 Å². The largest absolute Gasteiger partial charge is 0.472 e. The molecule has 0 saturated carbocycles. The number of hydrogen-bond acceptors (Lipinski definition) is 5. The molecule has 0 amide bonds. The first-order valence-corrected chi connectivity index (χ1v) is 9.03. The molecule has 0 atom stereocenters. The van der Waals surface area contributed by atoms with Crippen LogP contribution in [0.1, 0.15) is 11.1 Å². The van der Waals surface area contributed by atoms with Crippen LogP contribution in [-0.4, -0.2) is 29.6 Å². The van der Waals surface area contributed by atoms with Crippen molar-refractivity contribution in [2.45, 2.75) is 13.5 Å². The Balaban J connectivity index is 1.63. The van der Waals surface area contributed by atoms with E-state index in [0.29, 0.717) is 16.5 Å². The van der Waals surface area contributed by atoms with E-state index in [0.717, 1.165) is 20.6 Å². The highest BCUT2D eigenvalue weighted by Crippen LogP contribution is 2.23. The van der Waals surface area contributed by atoms with Gasteiger partial charge < -0.3 is 4.74 Å². The molecule has 148 valence electrons. The summed E-state index contributed by atoms with van der Waals surface area (Å²) >= 11 is 5.91. The summed E-state index contributed by atoms with van der Waals surface area (Å²) in [6.07, 6.45) is 1.74. The average molecular weight is 415 g/mol. The summed E-state index contributed by atoms with van der Waals surface area (Å²) < 4.78 is 23.9. The lowest BCUT2D eigenvalue weighted by molar-refractivity contribution is 0.290. The molecule has 0 unspecified atom stereocenters. The van der Waals surface area contributed by atoms with Crippen molar-refractivity contribution in [3.63, 3.8) is 0 Å². The van der Waals surface area contributed by atoms with Crippen LogP contribution in [0.4, 0.5) is 4.39 Å². The van der Waals surface area contributed by atoms with Crippen LogP contribution in [0, 0.1) is 12.7 Å². The number of aromatic nitrogens is 6. The highest BCUT2D eigenvalue weighted by atomic mass is 35.5. The molecule has 4 rings (SSSR count). The van der Waals surface area contributed by atoms with Crippen molar-refractivity contribution in [1.82, 2.24) is 29.6 Å². The van der Waals surface area contributed by atoms with Gasteiger partial charge >= 0.3 is 5.69 Å². The van der Waals surface area contributed by atoms with Crippen molar-refractivity contribution in [3.8, 4) is 17.3 Å². The molecular formula is C19H16ClFN6O2. The zero-order chi connectivity index (χ0) is 20.5.